The van der Waals surface area contributed by atoms with E-state index in [4.69, 9.17) is 16.6 Å². The summed E-state index contributed by atoms with van der Waals surface area (Å²) in [5.41, 5.74) is 4.47. The van der Waals surface area contributed by atoms with E-state index < -0.39 is 0 Å². The van der Waals surface area contributed by atoms with Gasteiger partial charge in [0.1, 0.15) is 5.82 Å². The van der Waals surface area contributed by atoms with Crippen LogP contribution in [0.3, 0.4) is 0 Å². The Hall–Kier alpha value is -2.96. The molecule has 28 heavy (non-hydrogen) atoms. The Morgan fingerprint density at radius 3 is 2.82 bits per heavy atom. The van der Waals surface area contributed by atoms with Gasteiger partial charge in [-0.3, -0.25) is 9.69 Å². The molecule has 1 aliphatic heterocycles. The lowest BCUT2D eigenvalue weighted by Gasteiger charge is -2.27. The average molecular weight is 392 g/mol. The Balaban J connectivity index is 1.39. The van der Waals surface area contributed by atoms with Crippen molar-refractivity contribution in [3.8, 4) is 11.4 Å². The fraction of sp³-hybridized carbons (Fsp3) is 0.190. The summed E-state index contributed by atoms with van der Waals surface area (Å²) in [6.45, 7) is 2.13. The second kappa shape index (κ2) is 6.89. The number of hydrogen-bond acceptors (Lipinski definition) is 4. The second-order valence-electron chi connectivity index (χ2n) is 7.01. The first-order valence-electron chi connectivity index (χ1n) is 9.19. The van der Waals surface area contributed by atoms with Gasteiger partial charge in [-0.1, -0.05) is 17.7 Å². The fourth-order valence-corrected chi connectivity index (χ4v) is 3.78. The molecule has 7 heteroatoms. The molecule has 0 unspecified atom stereocenters. The maximum absolute atomic E-state index is 12.7. The summed E-state index contributed by atoms with van der Waals surface area (Å²) < 4.78 is 1.87. The number of hydrogen-bond donors (Lipinski definition) is 1. The third kappa shape index (κ3) is 3.21. The topological polar surface area (TPSA) is 66.3 Å². The molecule has 5 rings (SSSR count). The molecule has 3 aromatic heterocycles. The van der Waals surface area contributed by atoms with Crippen LogP contribution in [-0.2, 0) is 19.5 Å². The summed E-state index contributed by atoms with van der Waals surface area (Å²) in [6, 6.07) is 15.4. The van der Waals surface area contributed by atoms with Gasteiger partial charge < -0.3 is 4.98 Å². The summed E-state index contributed by atoms with van der Waals surface area (Å²) in [6.07, 6.45) is 2.68. The van der Waals surface area contributed by atoms with Gasteiger partial charge in [0.25, 0.3) is 5.56 Å². The summed E-state index contributed by atoms with van der Waals surface area (Å²) in [5.74, 6) is 0.592. The van der Waals surface area contributed by atoms with Gasteiger partial charge in [0.2, 0.25) is 0 Å². The zero-order valence-corrected chi connectivity index (χ0v) is 15.9. The van der Waals surface area contributed by atoms with Crippen LogP contribution in [0.5, 0.6) is 0 Å². The molecule has 1 aromatic carbocycles. The van der Waals surface area contributed by atoms with Gasteiger partial charge in [0.05, 0.1) is 22.5 Å². The molecular weight excluding hydrogens is 374 g/mol. The van der Waals surface area contributed by atoms with Gasteiger partial charge in [-0.05, 0) is 42.5 Å². The lowest BCUT2D eigenvalue weighted by Crippen LogP contribution is -2.35. The number of H-pyrrole nitrogens is 1. The number of rotatable bonds is 3. The van der Waals surface area contributed by atoms with Crippen molar-refractivity contribution in [1.82, 2.24) is 24.5 Å². The maximum atomic E-state index is 12.7. The smallest absolute Gasteiger partial charge is 0.255 e. The van der Waals surface area contributed by atoms with Crippen molar-refractivity contribution in [3.63, 3.8) is 0 Å². The van der Waals surface area contributed by atoms with E-state index in [9.17, 15) is 4.79 Å². The number of benzene rings is 1. The van der Waals surface area contributed by atoms with Crippen molar-refractivity contribution < 1.29 is 0 Å². The molecule has 4 aromatic rings. The van der Waals surface area contributed by atoms with E-state index in [1.807, 2.05) is 41.0 Å². The minimum absolute atomic E-state index is 0.0744. The van der Waals surface area contributed by atoms with E-state index in [2.05, 4.69) is 21.0 Å². The van der Waals surface area contributed by atoms with Crippen molar-refractivity contribution in [2.45, 2.75) is 19.5 Å². The normalized spacial score (nSPS) is 14.3. The lowest BCUT2D eigenvalue weighted by atomic mass is 10.1. The van der Waals surface area contributed by atoms with Gasteiger partial charge in [-0.25, -0.2) is 9.50 Å². The monoisotopic (exact) mass is 391 g/mol. The Kier molecular flexibility index (Phi) is 4.22. The number of aromatic nitrogens is 4. The van der Waals surface area contributed by atoms with Crippen molar-refractivity contribution in [2.24, 2.45) is 0 Å². The van der Waals surface area contributed by atoms with Crippen molar-refractivity contribution in [1.29, 1.82) is 0 Å². The minimum atomic E-state index is -0.0744. The predicted molar refractivity (Wildman–Crippen MR) is 108 cm³/mol. The van der Waals surface area contributed by atoms with Crippen LogP contribution in [-0.4, -0.2) is 31.0 Å². The van der Waals surface area contributed by atoms with Crippen LogP contribution in [0.4, 0.5) is 0 Å². The third-order valence-corrected chi connectivity index (χ3v) is 5.32. The Morgan fingerprint density at radius 2 is 2.00 bits per heavy atom. The van der Waals surface area contributed by atoms with E-state index in [1.54, 1.807) is 12.1 Å². The molecule has 0 fully saturated rings. The van der Waals surface area contributed by atoms with E-state index in [0.717, 1.165) is 41.0 Å². The van der Waals surface area contributed by atoms with Gasteiger partial charge in [0.15, 0.2) is 0 Å². The number of nitrogens with one attached hydrogen (secondary N) is 1. The van der Waals surface area contributed by atoms with Crippen molar-refractivity contribution >= 4 is 17.1 Å². The zero-order chi connectivity index (χ0) is 19.1. The molecule has 0 radical (unpaired) electrons. The average Bonchev–Trinajstić information content (AvgIpc) is 3.11. The number of fused-ring (bicyclic) bond motifs is 2. The fourth-order valence-electron chi connectivity index (χ4n) is 3.66. The largest absolute Gasteiger partial charge is 0.306 e. The molecule has 0 amide bonds. The highest BCUT2D eigenvalue weighted by atomic mass is 35.5. The molecule has 0 spiro atoms. The predicted octanol–water partition coefficient (Wildman–Crippen LogP) is 3.30. The first-order valence-corrected chi connectivity index (χ1v) is 9.57. The number of aromatic amines is 1. The van der Waals surface area contributed by atoms with Crippen molar-refractivity contribution in [3.05, 3.63) is 87.1 Å². The van der Waals surface area contributed by atoms with E-state index in [-0.39, 0.29) is 5.56 Å². The van der Waals surface area contributed by atoms with Crippen molar-refractivity contribution in [2.75, 3.05) is 6.54 Å². The summed E-state index contributed by atoms with van der Waals surface area (Å²) in [5, 5.41) is 5.27. The standard InChI is InChI=1S/C21H18ClN5O/c22-15-6-4-14(5-7-15)20-23-19-8-10-26(13-18(19)21(28)24-20)12-16-11-17-3-1-2-9-27(17)25-16/h1-7,9,11H,8,10,12-13H2,(H,23,24,28). The molecule has 0 saturated carbocycles. The van der Waals surface area contributed by atoms with Gasteiger partial charge >= 0.3 is 0 Å². The summed E-state index contributed by atoms with van der Waals surface area (Å²) in [4.78, 5) is 22.6. The molecule has 0 aliphatic carbocycles. The first kappa shape index (κ1) is 17.2. The highest BCUT2D eigenvalue weighted by Gasteiger charge is 2.22. The minimum Gasteiger partial charge on any atom is -0.306 e. The quantitative estimate of drug-likeness (QED) is 0.582. The molecular formula is C21H18ClN5O. The number of halogens is 1. The van der Waals surface area contributed by atoms with E-state index in [1.165, 1.54) is 0 Å². The van der Waals surface area contributed by atoms with Gasteiger partial charge in [-0.2, -0.15) is 5.10 Å². The summed E-state index contributed by atoms with van der Waals surface area (Å²) in [7, 11) is 0. The Morgan fingerprint density at radius 1 is 1.14 bits per heavy atom. The van der Waals surface area contributed by atoms with Crippen LogP contribution in [0, 0.1) is 0 Å². The van der Waals surface area contributed by atoms with E-state index >= 15 is 0 Å². The molecule has 0 saturated heterocycles. The van der Waals surface area contributed by atoms with Crippen LogP contribution >= 0.6 is 11.6 Å². The molecule has 4 heterocycles. The second-order valence-corrected chi connectivity index (χ2v) is 7.45. The highest BCUT2D eigenvalue weighted by molar-refractivity contribution is 6.30. The van der Waals surface area contributed by atoms with Crippen LogP contribution < -0.4 is 5.56 Å². The lowest BCUT2D eigenvalue weighted by molar-refractivity contribution is 0.238. The molecule has 140 valence electrons. The Bertz CT molecular complexity index is 1180. The number of pyridine rings is 1. The first-order chi connectivity index (χ1) is 13.7. The zero-order valence-electron chi connectivity index (χ0n) is 15.1. The maximum Gasteiger partial charge on any atom is 0.255 e. The van der Waals surface area contributed by atoms with Crippen LogP contribution in [0.1, 0.15) is 17.0 Å². The molecule has 1 aliphatic rings. The molecule has 0 bridgehead atoms. The van der Waals surface area contributed by atoms with Crippen LogP contribution in [0.2, 0.25) is 5.02 Å². The van der Waals surface area contributed by atoms with Crippen LogP contribution in [0.25, 0.3) is 16.9 Å². The summed E-state index contributed by atoms with van der Waals surface area (Å²) >= 11 is 5.95. The third-order valence-electron chi connectivity index (χ3n) is 5.07. The SMILES string of the molecule is O=c1[nH]c(-c2ccc(Cl)cc2)nc2c1CN(Cc1cc3ccccn3n1)CC2. The number of nitrogens with zero attached hydrogens (tertiary/aromatic N) is 4. The van der Waals surface area contributed by atoms with Crippen LogP contribution in [0.15, 0.2) is 59.5 Å². The Labute approximate surface area is 166 Å². The molecule has 0 atom stereocenters. The van der Waals surface area contributed by atoms with E-state index in [0.29, 0.717) is 23.9 Å². The highest BCUT2D eigenvalue weighted by Crippen LogP contribution is 2.21. The molecule has 1 N–H and O–H groups in total. The molecule has 6 nitrogen and oxygen atoms in total. The van der Waals surface area contributed by atoms with Gasteiger partial charge in [-0.15, -0.1) is 0 Å². The van der Waals surface area contributed by atoms with Gasteiger partial charge in [0, 0.05) is 42.8 Å².